The molecule has 1 aromatic carbocycles. The van der Waals surface area contributed by atoms with Gasteiger partial charge in [0.15, 0.2) is 5.78 Å². The number of hydrogen-bond acceptors (Lipinski definition) is 5. The van der Waals surface area contributed by atoms with Gasteiger partial charge in [0, 0.05) is 36.7 Å². The lowest BCUT2D eigenvalue weighted by atomic mass is 10.1. The molecule has 0 radical (unpaired) electrons. The number of allylic oxidation sites excluding steroid dienone is 1. The molecule has 0 aliphatic carbocycles. The summed E-state index contributed by atoms with van der Waals surface area (Å²) in [5.74, 6) is 3.35. The Balaban J connectivity index is 1.74. The standard InChI is InChI=1S/C19H21NO2S2/c1-22-18-7-5-15(4-6-17(21)19-3-2-10-24-19)13-16(18)14-20-8-11-23-12-9-20/h2-7,10,13H,8-9,11-12,14H2,1H3/b6-4+. The van der Waals surface area contributed by atoms with Crippen molar-refractivity contribution in [3.63, 3.8) is 0 Å². The van der Waals surface area contributed by atoms with Crippen LogP contribution in [0, 0.1) is 0 Å². The molecule has 1 fully saturated rings. The SMILES string of the molecule is COc1ccc(/C=C/C(=O)c2cccs2)cc1CN1CCSCC1. The molecule has 1 aromatic heterocycles. The summed E-state index contributed by atoms with van der Waals surface area (Å²) >= 11 is 3.48. The number of ether oxygens (including phenoxy) is 1. The molecule has 0 saturated carbocycles. The smallest absolute Gasteiger partial charge is 0.195 e. The number of nitrogens with zero attached hydrogens (tertiary/aromatic N) is 1. The number of methoxy groups -OCH3 is 1. The molecule has 0 unspecified atom stereocenters. The van der Waals surface area contributed by atoms with Gasteiger partial charge in [-0.2, -0.15) is 11.8 Å². The maximum absolute atomic E-state index is 12.1. The topological polar surface area (TPSA) is 29.5 Å². The Hall–Kier alpha value is -1.56. The van der Waals surface area contributed by atoms with Crippen molar-refractivity contribution in [2.75, 3.05) is 31.7 Å². The highest BCUT2D eigenvalue weighted by atomic mass is 32.2. The van der Waals surface area contributed by atoms with Crippen LogP contribution in [-0.4, -0.2) is 42.4 Å². The minimum absolute atomic E-state index is 0.0513. The van der Waals surface area contributed by atoms with Crippen LogP contribution in [0.5, 0.6) is 5.75 Å². The zero-order chi connectivity index (χ0) is 16.8. The van der Waals surface area contributed by atoms with Crippen LogP contribution in [0.25, 0.3) is 6.08 Å². The number of carbonyl (C=O) groups excluding carboxylic acids is 1. The molecule has 0 bridgehead atoms. The van der Waals surface area contributed by atoms with Gasteiger partial charge in [-0.1, -0.05) is 18.2 Å². The van der Waals surface area contributed by atoms with Crippen LogP contribution in [0.1, 0.15) is 20.8 Å². The number of benzene rings is 1. The van der Waals surface area contributed by atoms with Crippen molar-refractivity contribution in [1.82, 2.24) is 4.90 Å². The third-order valence-electron chi connectivity index (χ3n) is 3.99. The van der Waals surface area contributed by atoms with Crippen LogP contribution in [-0.2, 0) is 6.54 Å². The first-order valence-electron chi connectivity index (χ1n) is 7.99. The number of thiophene rings is 1. The summed E-state index contributed by atoms with van der Waals surface area (Å²) in [6, 6.07) is 9.86. The van der Waals surface area contributed by atoms with Crippen molar-refractivity contribution in [3.8, 4) is 5.75 Å². The maximum Gasteiger partial charge on any atom is 0.195 e. The van der Waals surface area contributed by atoms with Crippen molar-refractivity contribution in [2.24, 2.45) is 0 Å². The summed E-state index contributed by atoms with van der Waals surface area (Å²) in [5, 5.41) is 1.92. The number of ketones is 1. The van der Waals surface area contributed by atoms with Crippen LogP contribution in [0.3, 0.4) is 0 Å². The third-order valence-corrected chi connectivity index (χ3v) is 5.82. The van der Waals surface area contributed by atoms with E-state index in [1.165, 1.54) is 28.4 Å². The Morgan fingerprint density at radius 2 is 2.12 bits per heavy atom. The van der Waals surface area contributed by atoms with Crippen molar-refractivity contribution in [1.29, 1.82) is 0 Å². The van der Waals surface area contributed by atoms with Crippen LogP contribution in [0.15, 0.2) is 41.8 Å². The van der Waals surface area contributed by atoms with E-state index in [-0.39, 0.29) is 5.78 Å². The Bertz CT molecular complexity index is 704. The van der Waals surface area contributed by atoms with Crippen molar-refractivity contribution in [2.45, 2.75) is 6.54 Å². The molecule has 1 aliphatic rings. The highest BCUT2D eigenvalue weighted by Gasteiger charge is 2.13. The Morgan fingerprint density at radius 3 is 2.83 bits per heavy atom. The Labute approximate surface area is 151 Å². The molecule has 0 N–H and O–H groups in total. The summed E-state index contributed by atoms with van der Waals surface area (Å²) in [4.78, 5) is 15.3. The highest BCUT2D eigenvalue weighted by molar-refractivity contribution is 7.99. The van der Waals surface area contributed by atoms with E-state index in [4.69, 9.17) is 4.74 Å². The number of rotatable bonds is 6. The molecule has 5 heteroatoms. The molecule has 24 heavy (non-hydrogen) atoms. The molecule has 3 rings (SSSR count). The zero-order valence-corrected chi connectivity index (χ0v) is 15.4. The van der Waals surface area contributed by atoms with E-state index in [0.29, 0.717) is 0 Å². The van der Waals surface area contributed by atoms with E-state index in [1.807, 2.05) is 47.5 Å². The van der Waals surface area contributed by atoms with E-state index in [1.54, 1.807) is 13.2 Å². The maximum atomic E-state index is 12.1. The molecule has 0 spiro atoms. The van der Waals surface area contributed by atoms with Gasteiger partial charge < -0.3 is 4.74 Å². The summed E-state index contributed by atoms with van der Waals surface area (Å²) in [5.41, 5.74) is 2.21. The third kappa shape index (κ3) is 4.50. The van der Waals surface area contributed by atoms with Crippen molar-refractivity contribution in [3.05, 3.63) is 57.8 Å². The Kier molecular flexibility index (Phi) is 6.12. The van der Waals surface area contributed by atoms with Gasteiger partial charge in [-0.25, -0.2) is 0 Å². The van der Waals surface area contributed by atoms with E-state index < -0.39 is 0 Å². The van der Waals surface area contributed by atoms with Gasteiger partial charge in [-0.3, -0.25) is 9.69 Å². The van der Waals surface area contributed by atoms with E-state index in [9.17, 15) is 4.79 Å². The van der Waals surface area contributed by atoms with Gasteiger partial charge in [0.25, 0.3) is 0 Å². The fourth-order valence-corrected chi connectivity index (χ4v) is 4.32. The lowest BCUT2D eigenvalue weighted by molar-refractivity contribution is 0.105. The van der Waals surface area contributed by atoms with Gasteiger partial charge in [-0.05, 0) is 35.2 Å². The zero-order valence-electron chi connectivity index (χ0n) is 13.7. The van der Waals surface area contributed by atoms with E-state index >= 15 is 0 Å². The molecule has 3 nitrogen and oxygen atoms in total. The summed E-state index contributed by atoms with van der Waals surface area (Å²) in [7, 11) is 1.71. The quantitative estimate of drug-likeness (QED) is 0.571. The molecular formula is C19H21NO2S2. The molecule has 2 aromatic rings. The monoisotopic (exact) mass is 359 g/mol. The van der Waals surface area contributed by atoms with Crippen LogP contribution in [0.4, 0.5) is 0 Å². The normalized spacial score (nSPS) is 15.7. The minimum atomic E-state index is 0.0513. The first kappa shape index (κ1) is 17.3. The fourth-order valence-electron chi connectivity index (χ4n) is 2.70. The van der Waals surface area contributed by atoms with Crippen LogP contribution >= 0.6 is 23.1 Å². The van der Waals surface area contributed by atoms with E-state index in [2.05, 4.69) is 11.0 Å². The largest absolute Gasteiger partial charge is 0.496 e. The van der Waals surface area contributed by atoms with Gasteiger partial charge in [0.05, 0.1) is 12.0 Å². The lowest BCUT2D eigenvalue weighted by Crippen LogP contribution is -2.32. The average Bonchev–Trinajstić information content (AvgIpc) is 3.15. The molecule has 1 aliphatic heterocycles. The highest BCUT2D eigenvalue weighted by Crippen LogP contribution is 2.24. The second-order valence-electron chi connectivity index (χ2n) is 5.63. The van der Waals surface area contributed by atoms with Gasteiger partial charge >= 0.3 is 0 Å². The van der Waals surface area contributed by atoms with Crippen LogP contribution < -0.4 is 4.74 Å². The lowest BCUT2D eigenvalue weighted by Gasteiger charge is -2.26. The first-order chi connectivity index (χ1) is 11.8. The van der Waals surface area contributed by atoms with Gasteiger partial charge in [0.1, 0.15) is 5.75 Å². The number of carbonyl (C=O) groups is 1. The second kappa shape index (κ2) is 8.51. The fraction of sp³-hybridized carbons (Fsp3) is 0.316. The summed E-state index contributed by atoms with van der Waals surface area (Å²) in [6.45, 7) is 3.12. The van der Waals surface area contributed by atoms with Crippen molar-refractivity contribution < 1.29 is 9.53 Å². The molecule has 0 atom stereocenters. The molecule has 2 heterocycles. The van der Waals surface area contributed by atoms with Crippen LogP contribution in [0.2, 0.25) is 0 Å². The minimum Gasteiger partial charge on any atom is -0.496 e. The summed E-state index contributed by atoms with van der Waals surface area (Å²) in [6.07, 6.45) is 3.53. The van der Waals surface area contributed by atoms with Crippen molar-refractivity contribution >= 4 is 35.0 Å². The van der Waals surface area contributed by atoms with Gasteiger partial charge in [-0.15, -0.1) is 11.3 Å². The molecule has 0 amide bonds. The van der Waals surface area contributed by atoms with E-state index in [0.717, 1.165) is 35.8 Å². The first-order valence-corrected chi connectivity index (χ1v) is 10.0. The Morgan fingerprint density at radius 1 is 1.29 bits per heavy atom. The predicted octanol–water partition coefficient (Wildman–Crippen LogP) is 4.20. The summed E-state index contributed by atoms with van der Waals surface area (Å²) < 4.78 is 5.51. The molecule has 1 saturated heterocycles. The number of hydrogen-bond donors (Lipinski definition) is 0. The molecule has 126 valence electrons. The number of thioether (sulfide) groups is 1. The molecular weight excluding hydrogens is 338 g/mol. The second-order valence-corrected chi connectivity index (χ2v) is 7.81. The predicted molar refractivity (Wildman–Crippen MR) is 103 cm³/mol. The average molecular weight is 360 g/mol. The van der Waals surface area contributed by atoms with Gasteiger partial charge in [0.2, 0.25) is 0 Å².